The second-order valence-electron chi connectivity index (χ2n) is 11.3. The van der Waals surface area contributed by atoms with Gasteiger partial charge in [0, 0.05) is 34.1 Å². The van der Waals surface area contributed by atoms with Crippen molar-refractivity contribution in [3.05, 3.63) is 112 Å². The SMILES string of the molecule is CC1(C(=O)OO)C(c2ccccc2)c2cc(Br)ccc2C(=O)N1CC1CCN(Cc2cc(-c3ccccc3)no2)CC1. The quantitative estimate of drug-likeness (QED) is 0.187. The van der Waals surface area contributed by atoms with Gasteiger partial charge < -0.3 is 9.42 Å². The maximum Gasteiger partial charge on any atom is 0.368 e. The minimum atomic E-state index is -1.45. The number of aromatic nitrogens is 1. The summed E-state index contributed by atoms with van der Waals surface area (Å²) in [6, 6.07) is 27.1. The molecule has 4 aromatic rings. The van der Waals surface area contributed by atoms with E-state index in [0.29, 0.717) is 18.7 Å². The van der Waals surface area contributed by atoms with Crippen molar-refractivity contribution in [2.24, 2.45) is 5.92 Å². The van der Waals surface area contributed by atoms with E-state index in [4.69, 9.17) is 4.52 Å². The Labute approximate surface area is 252 Å². The van der Waals surface area contributed by atoms with Gasteiger partial charge in [-0.15, -0.1) is 0 Å². The number of piperidine rings is 1. The molecule has 2 aliphatic heterocycles. The molecule has 2 aliphatic rings. The van der Waals surface area contributed by atoms with E-state index in [1.54, 1.807) is 17.9 Å². The van der Waals surface area contributed by atoms with Crippen LogP contribution in [0.2, 0.25) is 0 Å². The molecule has 42 heavy (non-hydrogen) atoms. The number of likely N-dealkylation sites (tertiary alicyclic amines) is 1. The number of rotatable bonds is 7. The largest absolute Gasteiger partial charge is 0.368 e. The third kappa shape index (κ3) is 5.28. The Bertz CT molecular complexity index is 1570. The van der Waals surface area contributed by atoms with Gasteiger partial charge in [0.2, 0.25) is 0 Å². The summed E-state index contributed by atoms with van der Waals surface area (Å²) in [7, 11) is 0. The minimum absolute atomic E-state index is 0.166. The first-order chi connectivity index (χ1) is 20.4. The van der Waals surface area contributed by atoms with Crippen LogP contribution in [0.5, 0.6) is 0 Å². The van der Waals surface area contributed by atoms with Gasteiger partial charge in [0.05, 0.1) is 6.54 Å². The zero-order chi connectivity index (χ0) is 29.3. The smallest absolute Gasteiger partial charge is 0.359 e. The summed E-state index contributed by atoms with van der Waals surface area (Å²) >= 11 is 3.53. The molecular formula is C33H32BrN3O5. The number of benzene rings is 3. The van der Waals surface area contributed by atoms with Crippen LogP contribution < -0.4 is 0 Å². The lowest BCUT2D eigenvalue weighted by Gasteiger charge is -2.49. The molecule has 0 saturated carbocycles. The maximum atomic E-state index is 14.0. The number of amides is 1. The lowest BCUT2D eigenvalue weighted by Crippen LogP contribution is -2.63. The summed E-state index contributed by atoms with van der Waals surface area (Å²) in [4.78, 5) is 35.8. The molecule has 0 radical (unpaired) electrons. The van der Waals surface area contributed by atoms with Crippen LogP contribution >= 0.6 is 15.9 Å². The molecule has 2 unspecified atom stereocenters. The Morgan fingerprint density at radius 1 is 1.05 bits per heavy atom. The van der Waals surface area contributed by atoms with Crippen molar-refractivity contribution in [3.63, 3.8) is 0 Å². The van der Waals surface area contributed by atoms with E-state index in [9.17, 15) is 14.8 Å². The zero-order valence-electron chi connectivity index (χ0n) is 23.3. The molecule has 1 aromatic heterocycles. The summed E-state index contributed by atoms with van der Waals surface area (Å²) in [6.45, 7) is 4.37. The van der Waals surface area contributed by atoms with Crippen molar-refractivity contribution in [1.82, 2.24) is 15.0 Å². The summed E-state index contributed by atoms with van der Waals surface area (Å²) in [5.74, 6) is -0.652. The second kappa shape index (κ2) is 11.8. The van der Waals surface area contributed by atoms with E-state index in [2.05, 4.69) is 30.9 Å². The Hall–Kier alpha value is -3.79. The molecule has 1 amide bonds. The molecule has 3 aromatic carbocycles. The summed E-state index contributed by atoms with van der Waals surface area (Å²) in [6.07, 6.45) is 1.69. The highest BCUT2D eigenvalue weighted by molar-refractivity contribution is 9.10. The van der Waals surface area contributed by atoms with Crippen LogP contribution in [0.4, 0.5) is 0 Å². The number of carbonyl (C=O) groups excluding carboxylic acids is 2. The van der Waals surface area contributed by atoms with E-state index < -0.39 is 17.4 Å². The van der Waals surface area contributed by atoms with Gasteiger partial charge in [-0.05, 0) is 68.1 Å². The van der Waals surface area contributed by atoms with Crippen molar-refractivity contribution < 1.29 is 24.3 Å². The molecule has 0 spiro atoms. The molecule has 9 heteroatoms. The number of hydrogen-bond donors (Lipinski definition) is 1. The van der Waals surface area contributed by atoms with Crippen molar-refractivity contribution in [2.45, 2.75) is 37.8 Å². The third-order valence-electron chi connectivity index (χ3n) is 8.71. The topological polar surface area (TPSA) is 96.1 Å². The fourth-order valence-electron chi connectivity index (χ4n) is 6.46. The average molecular weight is 631 g/mol. The highest BCUT2D eigenvalue weighted by atomic mass is 79.9. The van der Waals surface area contributed by atoms with Crippen molar-refractivity contribution >= 4 is 27.8 Å². The van der Waals surface area contributed by atoms with Gasteiger partial charge in [-0.3, -0.25) is 14.6 Å². The van der Waals surface area contributed by atoms with E-state index in [0.717, 1.165) is 58.5 Å². The van der Waals surface area contributed by atoms with Gasteiger partial charge in [0.25, 0.3) is 5.91 Å². The van der Waals surface area contributed by atoms with Gasteiger partial charge in [0.15, 0.2) is 11.3 Å². The summed E-state index contributed by atoms with van der Waals surface area (Å²) < 4.78 is 6.43. The van der Waals surface area contributed by atoms with E-state index in [-0.39, 0.29) is 11.8 Å². The van der Waals surface area contributed by atoms with Crippen LogP contribution in [0.25, 0.3) is 11.3 Å². The van der Waals surface area contributed by atoms with Gasteiger partial charge in [-0.25, -0.2) is 4.79 Å². The van der Waals surface area contributed by atoms with Crippen molar-refractivity contribution in [2.75, 3.05) is 19.6 Å². The zero-order valence-corrected chi connectivity index (χ0v) is 24.9. The number of fused-ring (bicyclic) bond motifs is 1. The molecule has 6 rings (SSSR count). The third-order valence-corrected chi connectivity index (χ3v) is 9.20. The molecule has 216 valence electrons. The number of carbonyl (C=O) groups is 2. The molecule has 1 N–H and O–H groups in total. The number of halogens is 1. The normalized spacial score (nSPS) is 21.3. The molecule has 0 aliphatic carbocycles. The molecular weight excluding hydrogens is 598 g/mol. The second-order valence-corrected chi connectivity index (χ2v) is 12.2. The van der Waals surface area contributed by atoms with E-state index in [1.807, 2.05) is 78.9 Å². The lowest BCUT2D eigenvalue weighted by molar-refractivity contribution is -0.245. The van der Waals surface area contributed by atoms with Crippen molar-refractivity contribution in [1.29, 1.82) is 0 Å². The molecule has 3 heterocycles. The number of hydrogen-bond acceptors (Lipinski definition) is 7. The molecule has 0 bridgehead atoms. The predicted octanol–water partition coefficient (Wildman–Crippen LogP) is 6.38. The Morgan fingerprint density at radius 2 is 1.74 bits per heavy atom. The standard InChI is InChI=1S/C33H32BrN3O5/c1-33(32(39)42-40)30(24-10-6-3-7-11-24)28-18-25(34)12-13-27(28)31(38)37(33)20-22-14-16-36(17-15-22)21-26-19-29(35-41-26)23-8-4-2-5-9-23/h2-13,18-19,22,30,40H,14-17,20-21H2,1H3. The Kier molecular flexibility index (Phi) is 7.98. The fraction of sp³-hybridized carbons (Fsp3) is 0.303. The summed E-state index contributed by atoms with van der Waals surface area (Å²) in [5, 5.41) is 13.9. The van der Waals surface area contributed by atoms with Crippen LogP contribution in [-0.2, 0) is 16.2 Å². The highest BCUT2D eigenvalue weighted by Crippen LogP contribution is 2.47. The lowest BCUT2D eigenvalue weighted by atomic mass is 9.70. The summed E-state index contributed by atoms with van der Waals surface area (Å²) in [5.41, 5.74) is 2.52. The van der Waals surface area contributed by atoms with Crippen LogP contribution in [-0.4, -0.2) is 57.3 Å². The van der Waals surface area contributed by atoms with Crippen LogP contribution in [0.1, 0.15) is 52.9 Å². The van der Waals surface area contributed by atoms with Gasteiger partial charge in [-0.2, -0.15) is 5.26 Å². The van der Waals surface area contributed by atoms with Crippen LogP contribution in [0.15, 0.2) is 93.9 Å². The maximum absolute atomic E-state index is 14.0. The van der Waals surface area contributed by atoms with Gasteiger partial charge in [0.1, 0.15) is 5.69 Å². The monoisotopic (exact) mass is 629 g/mol. The fourth-order valence-corrected chi connectivity index (χ4v) is 6.84. The van der Waals surface area contributed by atoms with Gasteiger partial charge >= 0.3 is 5.97 Å². The predicted molar refractivity (Wildman–Crippen MR) is 161 cm³/mol. The first-order valence-electron chi connectivity index (χ1n) is 14.1. The van der Waals surface area contributed by atoms with Crippen LogP contribution in [0.3, 0.4) is 0 Å². The Balaban J connectivity index is 1.22. The van der Waals surface area contributed by atoms with Crippen molar-refractivity contribution in [3.8, 4) is 11.3 Å². The van der Waals surface area contributed by atoms with Crippen LogP contribution in [0, 0.1) is 5.92 Å². The van der Waals surface area contributed by atoms with Gasteiger partial charge in [-0.1, -0.05) is 81.8 Å². The molecule has 8 nitrogen and oxygen atoms in total. The van der Waals surface area contributed by atoms with E-state index >= 15 is 0 Å². The van der Waals surface area contributed by atoms with E-state index in [1.165, 1.54) is 0 Å². The Morgan fingerprint density at radius 3 is 2.43 bits per heavy atom. The molecule has 2 atom stereocenters. The molecule has 1 saturated heterocycles. The molecule has 1 fully saturated rings. The highest BCUT2D eigenvalue weighted by Gasteiger charge is 2.56. The first-order valence-corrected chi connectivity index (χ1v) is 14.9. The number of nitrogens with zero attached hydrogens (tertiary/aromatic N) is 3. The first kappa shape index (κ1) is 28.3. The minimum Gasteiger partial charge on any atom is -0.359 e. The average Bonchev–Trinajstić information content (AvgIpc) is 3.49.